The van der Waals surface area contributed by atoms with Gasteiger partial charge in [-0.25, -0.2) is 8.78 Å². The first-order valence-corrected chi connectivity index (χ1v) is 6.30. The van der Waals surface area contributed by atoms with Crippen LogP contribution in [-0.2, 0) is 6.54 Å². The minimum atomic E-state index is -0.257. The van der Waals surface area contributed by atoms with E-state index in [2.05, 4.69) is 5.32 Å². The Kier molecular flexibility index (Phi) is 4.27. The van der Waals surface area contributed by atoms with Crippen LogP contribution in [0, 0.1) is 18.6 Å². The topological polar surface area (TPSA) is 12.0 Å². The third kappa shape index (κ3) is 3.61. The highest BCUT2D eigenvalue weighted by molar-refractivity contribution is 5.25. The number of benzene rings is 2. The van der Waals surface area contributed by atoms with E-state index in [1.165, 1.54) is 18.2 Å². The molecule has 0 fully saturated rings. The van der Waals surface area contributed by atoms with Crippen molar-refractivity contribution in [1.29, 1.82) is 0 Å². The minimum absolute atomic E-state index is 0.0318. The van der Waals surface area contributed by atoms with Crippen molar-refractivity contribution in [2.75, 3.05) is 0 Å². The molecule has 100 valence electrons. The van der Waals surface area contributed by atoms with Gasteiger partial charge in [-0.1, -0.05) is 29.8 Å². The van der Waals surface area contributed by atoms with Gasteiger partial charge in [0.25, 0.3) is 0 Å². The van der Waals surface area contributed by atoms with Crippen LogP contribution in [-0.4, -0.2) is 0 Å². The smallest absolute Gasteiger partial charge is 0.127 e. The van der Waals surface area contributed by atoms with Crippen molar-refractivity contribution in [1.82, 2.24) is 5.32 Å². The summed E-state index contributed by atoms with van der Waals surface area (Å²) in [4.78, 5) is 0. The third-order valence-electron chi connectivity index (χ3n) is 3.15. The van der Waals surface area contributed by atoms with Gasteiger partial charge < -0.3 is 5.32 Å². The molecule has 0 saturated heterocycles. The summed E-state index contributed by atoms with van der Waals surface area (Å²) in [6, 6.07) is 11.4. The Labute approximate surface area is 112 Å². The number of rotatable bonds is 4. The molecule has 1 atom stereocenters. The van der Waals surface area contributed by atoms with Crippen molar-refractivity contribution in [2.24, 2.45) is 0 Å². The van der Waals surface area contributed by atoms with Crippen molar-refractivity contribution < 1.29 is 8.78 Å². The lowest BCUT2D eigenvalue weighted by Gasteiger charge is -2.15. The Morgan fingerprint density at radius 2 is 1.89 bits per heavy atom. The van der Waals surface area contributed by atoms with Crippen molar-refractivity contribution >= 4 is 0 Å². The van der Waals surface area contributed by atoms with E-state index in [1.54, 1.807) is 12.1 Å². The maximum absolute atomic E-state index is 13.6. The summed E-state index contributed by atoms with van der Waals surface area (Å²) < 4.78 is 26.7. The first-order valence-electron chi connectivity index (χ1n) is 6.30. The van der Waals surface area contributed by atoms with Crippen LogP contribution in [0.5, 0.6) is 0 Å². The van der Waals surface area contributed by atoms with Gasteiger partial charge in [0.15, 0.2) is 0 Å². The second kappa shape index (κ2) is 5.93. The SMILES string of the molecule is Cc1ccc(F)c(CN[C@@H](C)c2cccc(F)c2)c1. The minimum Gasteiger partial charge on any atom is -0.306 e. The highest BCUT2D eigenvalue weighted by Gasteiger charge is 2.08. The lowest BCUT2D eigenvalue weighted by molar-refractivity contribution is 0.539. The van der Waals surface area contributed by atoms with Crippen molar-refractivity contribution in [3.8, 4) is 0 Å². The van der Waals surface area contributed by atoms with Gasteiger partial charge >= 0.3 is 0 Å². The lowest BCUT2D eigenvalue weighted by Crippen LogP contribution is -2.19. The number of halogens is 2. The van der Waals surface area contributed by atoms with Gasteiger partial charge in [-0.15, -0.1) is 0 Å². The molecule has 0 spiro atoms. The third-order valence-corrected chi connectivity index (χ3v) is 3.15. The highest BCUT2D eigenvalue weighted by Crippen LogP contribution is 2.16. The number of aryl methyl sites for hydroxylation is 1. The normalized spacial score (nSPS) is 12.4. The molecule has 1 N–H and O–H groups in total. The molecule has 2 aromatic carbocycles. The maximum Gasteiger partial charge on any atom is 0.127 e. The van der Waals surface area contributed by atoms with Crippen LogP contribution < -0.4 is 5.32 Å². The quantitative estimate of drug-likeness (QED) is 0.872. The molecule has 0 bridgehead atoms. The van der Waals surface area contributed by atoms with Gasteiger partial charge in [-0.3, -0.25) is 0 Å². The van der Waals surface area contributed by atoms with Crippen molar-refractivity contribution in [2.45, 2.75) is 26.4 Å². The van der Waals surface area contributed by atoms with Crippen LogP contribution in [0.3, 0.4) is 0 Å². The molecule has 0 heterocycles. The first kappa shape index (κ1) is 13.7. The summed E-state index contributed by atoms with van der Waals surface area (Å²) >= 11 is 0. The van der Waals surface area contributed by atoms with E-state index >= 15 is 0 Å². The van der Waals surface area contributed by atoms with Crippen molar-refractivity contribution in [3.05, 3.63) is 70.8 Å². The van der Waals surface area contributed by atoms with Gasteiger partial charge in [0, 0.05) is 18.2 Å². The van der Waals surface area contributed by atoms with E-state index in [1.807, 2.05) is 26.0 Å². The molecule has 1 nitrogen and oxygen atoms in total. The fraction of sp³-hybridized carbons (Fsp3) is 0.250. The Morgan fingerprint density at radius 3 is 2.63 bits per heavy atom. The standard InChI is InChI=1S/C16H17F2N/c1-11-6-7-16(18)14(8-11)10-19-12(2)13-4-3-5-15(17)9-13/h3-9,12,19H,10H2,1-2H3/t12-/m0/s1. The average molecular weight is 261 g/mol. The molecular weight excluding hydrogens is 244 g/mol. The summed E-state index contributed by atoms with van der Waals surface area (Å²) in [5.41, 5.74) is 2.51. The van der Waals surface area contributed by atoms with Crippen LogP contribution in [0.1, 0.15) is 29.7 Å². The van der Waals surface area contributed by atoms with Gasteiger partial charge in [0.05, 0.1) is 0 Å². The number of hydrogen-bond acceptors (Lipinski definition) is 1. The second-order valence-electron chi connectivity index (χ2n) is 4.75. The summed E-state index contributed by atoms with van der Waals surface area (Å²) in [5.74, 6) is -0.475. The molecule has 2 aromatic rings. The largest absolute Gasteiger partial charge is 0.306 e. The zero-order chi connectivity index (χ0) is 13.8. The van der Waals surface area contributed by atoms with Gasteiger partial charge in [0.1, 0.15) is 11.6 Å². The number of hydrogen-bond donors (Lipinski definition) is 1. The summed E-state index contributed by atoms with van der Waals surface area (Å²) in [7, 11) is 0. The van der Waals surface area contributed by atoms with Crippen LogP contribution >= 0.6 is 0 Å². The molecule has 0 aliphatic carbocycles. The molecule has 0 aliphatic heterocycles. The molecule has 19 heavy (non-hydrogen) atoms. The monoisotopic (exact) mass is 261 g/mol. The Bertz CT molecular complexity index is 566. The van der Waals surface area contributed by atoms with E-state index < -0.39 is 0 Å². The molecule has 0 amide bonds. The Hall–Kier alpha value is -1.74. The maximum atomic E-state index is 13.6. The zero-order valence-corrected chi connectivity index (χ0v) is 11.1. The molecule has 0 aliphatic rings. The molecule has 0 aromatic heterocycles. The summed E-state index contributed by atoms with van der Waals surface area (Å²) in [5, 5.41) is 3.20. The van der Waals surface area contributed by atoms with E-state index in [9.17, 15) is 8.78 Å². The predicted octanol–water partition coefficient (Wildman–Crippen LogP) is 4.12. The van der Waals surface area contributed by atoms with Gasteiger partial charge in [-0.05, 0) is 37.6 Å². The van der Waals surface area contributed by atoms with Crippen molar-refractivity contribution in [3.63, 3.8) is 0 Å². The molecular formula is C16H17F2N. The highest BCUT2D eigenvalue weighted by atomic mass is 19.1. The number of nitrogens with one attached hydrogen (secondary N) is 1. The van der Waals surface area contributed by atoms with Crippen LogP contribution in [0.15, 0.2) is 42.5 Å². The van der Waals surface area contributed by atoms with E-state index in [4.69, 9.17) is 0 Å². The van der Waals surface area contributed by atoms with Gasteiger partial charge in [0.2, 0.25) is 0 Å². The average Bonchev–Trinajstić information content (AvgIpc) is 2.39. The lowest BCUT2D eigenvalue weighted by atomic mass is 10.1. The Morgan fingerprint density at radius 1 is 1.11 bits per heavy atom. The van der Waals surface area contributed by atoms with Gasteiger partial charge in [-0.2, -0.15) is 0 Å². The molecule has 3 heteroatoms. The molecule has 0 radical (unpaired) electrons. The summed E-state index contributed by atoms with van der Waals surface area (Å²) in [6.07, 6.45) is 0. The Balaban J connectivity index is 2.04. The molecule has 0 saturated carbocycles. The fourth-order valence-corrected chi connectivity index (χ4v) is 2.00. The zero-order valence-electron chi connectivity index (χ0n) is 11.1. The second-order valence-corrected chi connectivity index (χ2v) is 4.75. The van der Waals surface area contributed by atoms with E-state index in [0.717, 1.165) is 11.1 Å². The van der Waals surface area contributed by atoms with E-state index in [0.29, 0.717) is 12.1 Å². The predicted molar refractivity (Wildman–Crippen MR) is 72.8 cm³/mol. The molecule has 2 rings (SSSR count). The van der Waals surface area contributed by atoms with Crippen LogP contribution in [0.25, 0.3) is 0 Å². The molecule has 0 unspecified atom stereocenters. The fourth-order valence-electron chi connectivity index (χ4n) is 2.00. The van der Waals surface area contributed by atoms with Crippen LogP contribution in [0.4, 0.5) is 8.78 Å². The first-order chi connectivity index (χ1) is 9.06. The summed E-state index contributed by atoms with van der Waals surface area (Å²) in [6.45, 7) is 4.28. The van der Waals surface area contributed by atoms with Crippen LogP contribution in [0.2, 0.25) is 0 Å². The van der Waals surface area contributed by atoms with E-state index in [-0.39, 0.29) is 17.7 Å².